The van der Waals surface area contributed by atoms with Crippen LogP contribution >= 0.6 is 0 Å². The average Bonchev–Trinajstić information content (AvgIpc) is 2.81. The molecule has 1 fully saturated rings. The van der Waals surface area contributed by atoms with Gasteiger partial charge in [0.05, 0.1) is 18.6 Å². The summed E-state index contributed by atoms with van der Waals surface area (Å²) >= 11 is 0. The van der Waals surface area contributed by atoms with Gasteiger partial charge in [0.1, 0.15) is 6.61 Å². The first kappa shape index (κ1) is 15.9. The third-order valence-electron chi connectivity index (χ3n) is 3.84. The van der Waals surface area contributed by atoms with Crippen molar-refractivity contribution in [1.82, 2.24) is 4.90 Å². The molecule has 1 N–H and O–H groups in total. The predicted octanol–water partition coefficient (Wildman–Crippen LogP) is 0.609. The van der Waals surface area contributed by atoms with Crippen LogP contribution in [0, 0.1) is 11.3 Å². The zero-order valence-electron chi connectivity index (χ0n) is 11.8. The van der Waals surface area contributed by atoms with Crippen LogP contribution in [0.3, 0.4) is 0 Å². The van der Waals surface area contributed by atoms with Crippen molar-refractivity contribution in [2.75, 3.05) is 40.0 Å². The number of rotatable bonds is 7. The van der Waals surface area contributed by atoms with Crippen LogP contribution in [0.2, 0.25) is 0 Å². The van der Waals surface area contributed by atoms with E-state index in [4.69, 9.17) is 9.47 Å². The van der Waals surface area contributed by atoms with E-state index in [2.05, 4.69) is 0 Å². The van der Waals surface area contributed by atoms with Crippen LogP contribution in [0.1, 0.15) is 20.3 Å². The quantitative estimate of drug-likeness (QED) is 0.688. The molecule has 0 spiro atoms. The van der Waals surface area contributed by atoms with E-state index in [1.54, 1.807) is 12.0 Å². The first-order chi connectivity index (χ1) is 8.94. The lowest BCUT2D eigenvalue weighted by Crippen LogP contribution is -2.41. The van der Waals surface area contributed by atoms with Crippen molar-refractivity contribution in [1.29, 1.82) is 0 Å². The molecule has 1 amide bonds. The van der Waals surface area contributed by atoms with Crippen LogP contribution in [0.4, 0.5) is 0 Å². The smallest absolute Gasteiger partial charge is 0.311 e. The number of hydrogen-bond donors (Lipinski definition) is 1. The fourth-order valence-corrected chi connectivity index (χ4v) is 2.33. The number of hydrogen-bond acceptors (Lipinski definition) is 4. The second-order valence-corrected chi connectivity index (χ2v) is 5.23. The molecule has 1 atom stereocenters. The van der Waals surface area contributed by atoms with Crippen molar-refractivity contribution >= 4 is 11.9 Å². The Morgan fingerprint density at radius 1 is 1.37 bits per heavy atom. The molecule has 19 heavy (non-hydrogen) atoms. The first-order valence-electron chi connectivity index (χ1n) is 6.52. The summed E-state index contributed by atoms with van der Waals surface area (Å²) in [5.74, 6) is -0.977. The number of likely N-dealkylation sites (tertiary alicyclic amines) is 1. The van der Waals surface area contributed by atoms with E-state index in [0.717, 1.165) is 0 Å². The number of carboxylic acids is 1. The van der Waals surface area contributed by atoms with E-state index < -0.39 is 11.4 Å². The Morgan fingerprint density at radius 3 is 2.53 bits per heavy atom. The van der Waals surface area contributed by atoms with Crippen molar-refractivity contribution in [3.8, 4) is 0 Å². The molecule has 1 saturated heterocycles. The Kier molecular flexibility index (Phi) is 5.75. The van der Waals surface area contributed by atoms with Crippen molar-refractivity contribution < 1.29 is 24.2 Å². The number of aliphatic carboxylic acids is 1. The lowest BCUT2D eigenvalue weighted by molar-refractivity contribution is -0.151. The molecule has 1 heterocycles. The largest absolute Gasteiger partial charge is 0.481 e. The van der Waals surface area contributed by atoms with Crippen molar-refractivity contribution in [3.05, 3.63) is 0 Å². The number of carbonyl (C=O) groups is 2. The van der Waals surface area contributed by atoms with Crippen molar-refractivity contribution in [2.45, 2.75) is 20.3 Å². The Hall–Kier alpha value is -1.14. The monoisotopic (exact) mass is 273 g/mol. The SMILES string of the molecule is COCCOCC(=O)N1CCC(C(=O)O)(C(C)C)C1. The molecule has 0 saturated carbocycles. The summed E-state index contributed by atoms with van der Waals surface area (Å²) in [7, 11) is 1.56. The van der Waals surface area contributed by atoms with Gasteiger partial charge in [-0.3, -0.25) is 9.59 Å². The Labute approximate surface area is 113 Å². The van der Waals surface area contributed by atoms with Gasteiger partial charge in [-0.05, 0) is 12.3 Å². The molecule has 0 aromatic carbocycles. The highest BCUT2D eigenvalue weighted by molar-refractivity contribution is 5.81. The minimum absolute atomic E-state index is 0.00258. The van der Waals surface area contributed by atoms with E-state index in [0.29, 0.717) is 26.2 Å². The topological polar surface area (TPSA) is 76.1 Å². The van der Waals surface area contributed by atoms with Gasteiger partial charge < -0.3 is 19.5 Å². The normalized spacial score (nSPS) is 23.1. The summed E-state index contributed by atoms with van der Waals surface area (Å²) in [6, 6.07) is 0. The molecule has 1 aliphatic rings. The van der Waals surface area contributed by atoms with E-state index in [1.165, 1.54) is 0 Å². The summed E-state index contributed by atoms with van der Waals surface area (Å²) in [5.41, 5.74) is -0.817. The molecule has 0 aromatic rings. The molecule has 1 unspecified atom stereocenters. The number of amides is 1. The van der Waals surface area contributed by atoms with Crippen LogP contribution in [0.25, 0.3) is 0 Å². The summed E-state index contributed by atoms with van der Waals surface area (Å²) in [6.45, 7) is 5.32. The Morgan fingerprint density at radius 2 is 2.05 bits per heavy atom. The summed E-state index contributed by atoms with van der Waals surface area (Å²) < 4.78 is 9.99. The van der Waals surface area contributed by atoms with Gasteiger partial charge in [0.15, 0.2) is 0 Å². The van der Waals surface area contributed by atoms with E-state index in [-0.39, 0.29) is 25.0 Å². The van der Waals surface area contributed by atoms with Crippen LogP contribution in [-0.2, 0) is 19.1 Å². The van der Waals surface area contributed by atoms with Crippen LogP contribution < -0.4 is 0 Å². The standard InChI is InChI=1S/C13H23NO5/c1-10(2)13(12(16)17)4-5-14(9-13)11(15)8-19-7-6-18-3/h10H,4-9H2,1-3H3,(H,16,17). The van der Waals surface area contributed by atoms with E-state index in [1.807, 2.05) is 13.8 Å². The zero-order chi connectivity index (χ0) is 14.5. The molecule has 0 radical (unpaired) electrons. The maximum atomic E-state index is 11.9. The number of ether oxygens (including phenoxy) is 2. The third-order valence-corrected chi connectivity index (χ3v) is 3.84. The Balaban J connectivity index is 2.50. The predicted molar refractivity (Wildman–Crippen MR) is 68.8 cm³/mol. The van der Waals surface area contributed by atoms with Gasteiger partial charge in [0.2, 0.25) is 5.91 Å². The average molecular weight is 273 g/mol. The fraction of sp³-hybridized carbons (Fsp3) is 0.846. The van der Waals surface area contributed by atoms with Gasteiger partial charge in [0.25, 0.3) is 0 Å². The molecular weight excluding hydrogens is 250 g/mol. The van der Waals surface area contributed by atoms with Gasteiger partial charge in [-0.1, -0.05) is 13.8 Å². The maximum absolute atomic E-state index is 11.9. The molecule has 0 bridgehead atoms. The Bertz CT molecular complexity index is 331. The lowest BCUT2D eigenvalue weighted by Gasteiger charge is -2.28. The maximum Gasteiger partial charge on any atom is 0.311 e. The zero-order valence-corrected chi connectivity index (χ0v) is 11.8. The number of carboxylic acid groups (broad SMARTS) is 1. The fourth-order valence-electron chi connectivity index (χ4n) is 2.33. The highest BCUT2D eigenvalue weighted by Crippen LogP contribution is 2.38. The minimum Gasteiger partial charge on any atom is -0.481 e. The summed E-state index contributed by atoms with van der Waals surface area (Å²) in [5, 5.41) is 9.39. The molecule has 0 aliphatic carbocycles. The first-order valence-corrected chi connectivity index (χ1v) is 6.52. The highest BCUT2D eigenvalue weighted by atomic mass is 16.5. The number of carbonyl (C=O) groups excluding carboxylic acids is 1. The highest BCUT2D eigenvalue weighted by Gasteiger charge is 2.48. The van der Waals surface area contributed by atoms with E-state index >= 15 is 0 Å². The molecule has 0 aromatic heterocycles. The minimum atomic E-state index is -0.821. The molecule has 6 heteroatoms. The third kappa shape index (κ3) is 3.67. The van der Waals surface area contributed by atoms with Crippen molar-refractivity contribution in [2.24, 2.45) is 11.3 Å². The van der Waals surface area contributed by atoms with Gasteiger partial charge in [-0.15, -0.1) is 0 Å². The summed E-state index contributed by atoms with van der Waals surface area (Å²) in [6.07, 6.45) is 0.504. The van der Waals surface area contributed by atoms with Crippen LogP contribution in [-0.4, -0.2) is 61.9 Å². The van der Waals surface area contributed by atoms with Gasteiger partial charge in [-0.2, -0.15) is 0 Å². The lowest BCUT2D eigenvalue weighted by atomic mass is 9.76. The molecular formula is C13H23NO5. The second-order valence-electron chi connectivity index (χ2n) is 5.23. The number of methoxy groups -OCH3 is 1. The molecule has 1 aliphatic heterocycles. The summed E-state index contributed by atoms with van der Waals surface area (Å²) in [4.78, 5) is 24.9. The van der Waals surface area contributed by atoms with Crippen molar-refractivity contribution in [3.63, 3.8) is 0 Å². The molecule has 1 rings (SSSR count). The van der Waals surface area contributed by atoms with Crippen LogP contribution in [0.15, 0.2) is 0 Å². The van der Waals surface area contributed by atoms with Crippen LogP contribution in [0.5, 0.6) is 0 Å². The van der Waals surface area contributed by atoms with Gasteiger partial charge in [-0.25, -0.2) is 0 Å². The second kappa shape index (κ2) is 6.86. The van der Waals surface area contributed by atoms with Gasteiger partial charge >= 0.3 is 5.97 Å². The number of nitrogens with zero attached hydrogens (tertiary/aromatic N) is 1. The molecule has 110 valence electrons. The van der Waals surface area contributed by atoms with Gasteiger partial charge in [0, 0.05) is 20.2 Å². The van der Waals surface area contributed by atoms with E-state index in [9.17, 15) is 14.7 Å². The molecule has 6 nitrogen and oxygen atoms in total.